The summed E-state index contributed by atoms with van der Waals surface area (Å²) in [6, 6.07) is 17.4. The molecular formula is C27H29N3O8S. The van der Waals surface area contributed by atoms with Gasteiger partial charge in [-0.15, -0.1) is 0 Å². The summed E-state index contributed by atoms with van der Waals surface area (Å²) in [5.74, 6) is -0.683. The summed E-state index contributed by atoms with van der Waals surface area (Å²) in [4.78, 5) is 39.8. The number of hydrogen-bond donors (Lipinski definition) is 2. The van der Waals surface area contributed by atoms with Crippen LogP contribution in [0.25, 0.3) is 0 Å². The average Bonchev–Trinajstić information content (AvgIpc) is 2.92. The molecule has 206 valence electrons. The van der Waals surface area contributed by atoms with Crippen LogP contribution in [0.5, 0.6) is 11.6 Å². The average molecular weight is 556 g/mol. The van der Waals surface area contributed by atoms with Gasteiger partial charge in [0.15, 0.2) is 6.61 Å². The second-order valence-electron chi connectivity index (χ2n) is 8.35. The van der Waals surface area contributed by atoms with Crippen LogP contribution in [-0.4, -0.2) is 50.6 Å². The Hall–Kier alpha value is -4.45. The zero-order chi connectivity index (χ0) is 28.3. The highest BCUT2D eigenvalue weighted by atomic mass is 32.2. The topological polar surface area (TPSA) is 150 Å². The van der Waals surface area contributed by atoms with Gasteiger partial charge in [-0.1, -0.05) is 37.3 Å². The second-order valence-corrected chi connectivity index (χ2v) is 10.0. The third-order valence-electron chi connectivity index (χ3n) is 5.37. The lowest BCUT2D eigenvalue weighted by molar-refractivity contribution is -0.123. The van der Waals surface area contributed by atoms with E-state index in [1.807, 2.05) is 29.8 Å². The van der Waals surface area contributed by atoms with Crippen LogP contribution in [0.1, 0.15) is 36.2 Å². The highest BCUT2D eigenvalue weighted by Crippen LogP contribution is 2.14. The van der Waals surface area contributed by atoms with E-state index in [0.717, 1.165) is 11.8 Å². The van der Waals surface area contributed by atoms with Crippen LogP contribution < -0.4 is 19.5 Å². The number of amides is 2. The fourth-order valence-electron chi connectivity index (χ4n) is 3.07. The zero-order valence-corrected chi connectivity index (χ0v) is 22.3. The Kier molecular flexibility index (Phi) is 10.4. The lowest BCUT2D eigenvalue weighted by Crippen LogP contribution is -2.31. The molecule has 39 heavy (non-hydrogen) atoms. The Balaban J connectivity index is 1.46. The van der Waals surface area contributed by atoms with E-state index in [1.54, 1.807) is 31.2 Å². The SMILES string of the molecule is CC[C@H](C)OC(=O)Oc1ccc(C(=O)NS(=O)(=O)c2ccc(CCNC(=O)COc3ccccc3)cc2)cn1. The highest BCUT2D eigenvalue weighted by molar-refractivity contribution is 7.90. The Morgan fingerprint density at radius 1 is 0.974 bits per heavy atom. The van der Waals surface area contributed by atoms with Gasteiger partial charge in [0.25, 0.3) is 21.8 Å². The number of rotatable bonds is 12. The third-order valence-corrected chi connectivity index (χ3v) is 6.72. The lowest BCUT2D eigenvalue weighted by Gasteiger charge is -2.10. The largest absolute Gasteiger partial charge is 0.515 e. The second kappa shape index (κ2) is 13.9. The molecule has 0 fully saturated rings. The van der Waals surface area contributed by atoms with Gasteiger partial charge in [0.05, 0.1) is 10.5 Å². The van der Waals surface area contributed by atoms with Gasteiger partial charge in [-0.2, -0.15) is 0 Å². The lowest BCUT2D eigenvalue weighted by atomic mass is 10.1. The molecule has 0 radical (unpaired) electrons. The first-order chi connectivity index (χ1) is 18.7. The van der Waals surface area contributed by atoms with Crippen LogP contribution in [-0.2, 0) is 26.0 Å². The van der Waals surface area contributed by atoms with Crippen LogP contribution in [0.15, 0.2) is 77.8 Å². The van der Waals surface area contributed by atoms with Gasteiger partial charge in [0.1, 0.15) is 11.9 Å². The van der Waals surface area contributed by atoms with E-state index in [9.17, 15) is 22.8 Å². The van der Waals surface area contributed by atoms with Crippen molar-refractivity contribution < 1.29 is 37.0 Å². The first kappa shape index (κ1) is 29.1. The van der Waals surface area contributed by atoms with Crippen molar-refractivity contribution in [3.05, 3.63) is 84.1 Å². The number of para-hydroxylation sites is 1. The minimum absolute atomic E-state index is 0.0511. The summed E-state index contributed by atoms with van der Waals surface area (Å²) in [5.41, 5.74) is 0.737. The fourth-order valence-corrected chi connectivity index (χ4v) is 4.04. The maximum atomic E-state index is 12.7. The van der Waals surface area contributed by atoms with Crippen molar-refractivity contribution in [3.63, 3.8) is 0 Å². The quantitative estimate of drug-likeness (QED) is 0.321. The van der Waals surface area contributed by atoms with Gasteiger partial charge in [0.2, 0.25) is 5.88 Å². The molecule has 0 saturated carbocycles. The standard InChI is InChI=1S/C27H29N3O8S/c1-3-19(2)37-27(33)38-25-14-11-21(17-29-25)26(32)30-39(34,35)23-12-9-20(10-13-23)15-16-28-24(31)18-36-22-7-5-4-6-8-22/h4-14,17,19H,3,15-16,18H2,1-2H3,(H,28,31)(H,30,32)/t19-/m0/s1. The summed E-state index contributed by atoms with van der Waals surface area (Å²) >= 11 is 0. The number of nitrogens with one attached hydrogen (secondary N) is 2. The van der Waals surface area contributed by atoms with Crippen LogP contribution in [0.4, 0.5) is 4.79 Å². The fraction of sp³-hybridized carbons (Fsp3) is 0.259. The summed E-state index contributed by atoms with van der Waals surface area (Å²) in [6.07, 6.45) is 0.906. The Morgan fingerprint density at radius 3 is 2.33 bits per heavy atom. The maximum Gasteiger partial charge on any atom is 0.515 e. The highest BCUT2D eigenvalue weighted by Gasteiger charge is 2.19. The van der Waals surface area contributed by atoms with Gasteiger partial charge in [-0.05, 0) is 55.7 Å². The van der Waals surface area contributed by atoms with Crippen LogP contribution in [0.3, 0.4) is 0 Å². The van der Waals surface area contributed by atoms with Crippen LogP contribution in [0.2, 0.25) is 0 Å². The summed E-state index contributed by atoms with van der Waals surface area (Å²) in [6.45, 7) is 3.78. The molecule has 0 spiro atoms. The van der Waals surface area contributed by atoms with E-state index in [0.29, 0.717) is 25.1 Å². The number of aromatic nitrogens is 1. The molecule has 0 aliphatic heterocycles. The first-order valence-corrected chi connectivity index (χ1v) is 13.6. The molecule has 0 saturated heterocycles. The predicted octanol–water partition coefficient (Wildman–Crippen LogP) is 3.25. The molecule has 0 aliphatic rings. The maximum absolute atomic E-state index is 12.7. The Bertz CT molecular complexity index is 1360. The molecule has 3 rings (SSSR count). The zero-order valence-electron chi connectivity index (χ0n) is 21.5. The number of ether oxygens (including phenoxy) is 3. The van der Waals surface area contributed by atoms with Crippen LogP contribution in [0, 0.1) is 0 Å². The van der Waals surface area contributed by atoms with E-state index in [4.69, 9.17) is 14.2 Å². The van der Waals surface area contributed by atoms with Crippen molar-refractivity contribution in [2.24, 2.45) is 0 Å². The number of carbonyl (C=O) groups is 3. The molecule has 12 heteroatoms. The number of sulfonamides is 1. The van der Waals surface area contributed by atoms with E-state index >= 15 is 0 Å². The molecule has 3 aromatic rings. The normalized spacial score (nSPS) is 11.6. The summed E-state index contributed by atoms with van der Waals surface area (Å²) in [7, 11) is -4.16. The van der Waals surface area contributed by atoms with E-state index < -0.39 is 22.1 Å². The van der Waals surface area contributed by atoms with Gasteiger partial charge < -0.3 is 19.5 Å². The molecular weight excluding hydrogens is 526 g/mol. The number of hydrogen-bond acceptors (Lipinski definition) is 9. The molecule has 11 nitrogen and oxygen atoms in total. The molecule has 0 unspecified atom stereocenters. The van der Waals surface area contributed by atoms with E-state index in [-0.39, 0.29) is 35.0 Å². The van der Waals surface area contributed by atoms with Crippen molar-refractivity contribution >= 4 is 28.0 Å². The third kappa shape index (κ3) is 9.42. The van der Waals surface area contributed by atoms with Crippen LogP contribution >= 0.6 is 0 Å². The van der Waals surface area contributed by atoms with Gasteiger partial charge >= 0.3 is 6.16 Å². The first-order valence-electron chi connectivity index (χ1n) is 12.1. The van der Waals surface area contributed by atoms with Gasteiger partial charge in [-0.25, -0.2) is 22.9 Å². The predicted molar refractivity (Wildman–Crippen MR) is 141 cm³/mol. The minimum Gasteiger partial charge on any atom is -0.484 e. The molecule has 1 aromatic heterocycles. The van der Waals surface area contributed by atoms with E-state index in [1.165, 1.54) is 24.3 Å². The van der Waals surface area contributed by atoms with Gasteiger partial charge in [-0.3, -0.25) is 9.59 Å². The van der Waals surface area contributed by atoms with Gasteiger partial charge in [0, 0.05) is 18.8 Å². The minimum atomic E-state index is -4.16. The smallest absolute Gasteiger partial charge is 0.484 e. The monoisotopic (exact) mass is 555 g/mol. The molecule has 0 bridgehead atoms. The number of carbonyl (C=O) groups excluding carboxylic acids is 3. The number of nitrogens with zero attached hydrogens (tertiary/aromatic N) is 1. The number of pyridine rings is 1. The van der Waals surface area contributed by atoms with E-state index in [2.05, 4.69) is 10.3 Å². The molecule has 2 aromatic carbocycles. The molecule has 0 aliphatic carbocycles. The van der Waals surface area contributed by atoms with Crippen molar-refractivity contribution in [2.45, 2.75) is 37.7 Å². The Morgan fingerprint density at radius 2 is 1.69 bits per heavy atom. The summed E-state index contributed by atoms with van der Waals surface area (Å²) < 4.78 is 42.6. The van der Waals surface area contributed by atoms with Crippen molar-refractivity contribution in [3.8, 4) is 11.6 Å². The van der Waals surface area contributed by atoms with Crippen molar-refractivity contribution in [1.29, 1.82) is 0 Å². The summed E-state index contributed by atoms with van der Waals surface area (Å²) in [5, 5.41) is 2.74. The Labute approximate surface area is 226 Å². The molecule has 2 amide bonds. The van der Waals surface area contributed by atoms with Crippen molar-refractivity contribution in [1.82, 2.24) is 15.0 Å². The molecule has 2 N–H and O–H groups in total. The number of benzene rings is 2. The molecule has 1 heterocycles. The van der Waals surface area contributed by atoms with Crippen molar-refractivity contribution in [2.75, 3.05) is 13.2 Å². The molecule has 1 atom stereocenters.